The number of benzene rings is 2. The molecule has 4 heterocycles. The van der Waals surface area contributed by atoms with Gasteiger partial charge >= 0.3 is 0 Å². The molecule has 2 aliphatic heterocycles. The van der Waals surface area contributed by atoms with Gasteiger partial charge in [0.25, 0.3) is 11.8 Å². The molecule has 0 unspecified atom stereocenters. The highest BCUT2D eigenvalue weighted by Gasteiger charge is 2.35. The summed E-state index contributed by atoms with van der Waals surface area (Å²) in [5.74, 6) is -0.716. The van der Waals surface area contributed by atoms with Crippen molar-refractivity contribution in [2.24, 2.45) is 0 Å². The average Bonchev–Trinajstić information content (AvgIpc) is 3.57. The first-order chi connectivity index (χ1) is 18.0. The molecular formula is C29H31N5O3. The van der Waals surface area contributed by atoms with Crippen LogP contribution in [-0.4, -0.2) is 73.2 Å². The lowest BCUT2D eigenvalue weighted by Gasteiger charge is -2.26. The van der Waals surface area contributed by atoms with E-state index in [1.54, 1.807) is 0 Å². The smallest absolute Gasteiger partial charge is 0.259 e. The molecule has 2 aliphatic rings. The summed E-state index contributed by atoms with van der Waals surface area (Å²) in [7, 11) is 4.01. The van der Waals surface area contributed by atoms with Crippen LogP contribution in [-0.2, 0) is 20.9 Å². The van der Waals surface area contributed by atoms with Crippen LogP contribution in [0.15, 0.2) is 54.9 Å². The van der Waals surface area contributed by atoms with Crippen molar-refractivity contribution in [2.75, 3.05) is 51.8 Å². The van der Waals surface area contributed by atoms with Crippen molar-refractivity contribution in [3.63, 3.8) is 0 Å². The number of ether oxygens (including phenoxy) is 1. The lowest BCUT2D eigenvalue weighted by Crippen LogP contribution is -2.37. The van der Waals surface area contributed by atoms with Crippen LogP contribution in [0.1, 0.15) is 17.5 Å². The molecule has 0 aliphatic carbocycles. The van der Waals surface area contributed by atoms with Crippen molar-refractivity contribution >= 4 is 50.5 Å². The van der Waals surface area contributed by atoms with Gasteiger partial charge < -0.3 is 19.2 Å². The zero-order valence-corrected chi connectivity index (χ0v) is 21.2. The molecule has 1 fully saturated rings. The lowest BCUT2D eigenvalue weighted by molar-refractivity contribution is -0.122. The molecule has 2 aromatic heterocycles. The fourth-order valence-electron chi connectivity index (χ4n) is 5.62. The highest BCUT2D eigenvalue weighted by molar-refractivity contribution is 6.51. The quantitative estimate of drug-likeness (QED) is 0.382. The molecule has 37 heavy (non-hydrogen) atoms. The Labute approximate surface area is 215 Å². The van der Waals surface area contributed by atoms with E-state index < -0.39 is 0 Å². The van der Waals surface area contributed by atoms with Crippen LogP contribution in [0.3, 0.4) is 0 Å². The maximum absolute atomic E-state index is 13.3. The summed E-state index contributed by atoms with van der Waals surface area (Å²) < 4.78 is 7.71. The summed E-state index contributed by atoms with van der Waals surface area (Å²) in [5, 5.41) is 4.47. The van der Waals surface area contributed by atoms with Gasteiger partial charge in [-0.15, -0.1) is 0 Å². The molecule has 8 heteroatoms. The van der Waals surface area contributed by atoms with Crippen molar-refractivity contribution < 1.29 is 14.3 Å². The third-order valence-corrected chi connectivity index (χ3v) is 7.40. The van der Waals surface area contributed by atoms with Crippen LogP contribution in [0.5, 0.6) is 0 Å². The van der Waals surface area contributed by atoms with Gasteiger partial charge in [0, 0.05) is 85.8 Å². The van der Waals surface area contributed by atoms with E-state index in [9.17, 15) is 9.59 Å². The number of anilines is 1. The number of imide groups is 1. The Kier molecular flexibility index (Phi) is 6.06. The van der Waals surface area contributed by atoms with Gasteiger partial charge in [-0.2, -0.15) is 0 Å². The van der Waals surface area contributed by atoms with Gasteiger partial charge in [0.15, 0.2) is 0 Å². The van der Waals surface area contributed by atoms with Crippen molar-refractivity contribution in [2.45, 2.75) is 13.0 Å². The average molecular weight is 498 g/mol. The summed E-state index contributed by atoms with van der Waals surface area (Å²) in [4.78, 5) is 34.3. The fraction of sp³-hybridized carbons (Fsp3) is 0.310. The van der Waals surface area contributed by atoms with Crippen LogP contribution in [0.4, 0.5) is 5.69 Å². The normalized spacial score (nSPS) is 16.8. The van der Waals surface area contributed by atoms with Crippen molar-refractivity contribution in [3.05, 3.63) is 66.0 Å². The standard InChI is InChI=1S/C29H31N5O3/c1-32(2)23-9-5-10-24-25(23)21(18-34(24)12-6-11-33-13-15-37-16-14-33)27-26(28(35)31-29(27)36)20-17-30-22-8-4-3-7-19(20)22/h3-5,7-10,17-18,30H,6,11-16H2,1-2H3,(H,31,35,36). The number of carbonyl (C=O) groups excluding carboxylic acids is 2. The van der Waals surface area contributed by atoms with E-state index in [1.165, 1.54) is 0 Å². The molecule has 190 valence electrons. The Bertz CT molecular complexity index is 1540. The summed E-state index contributed by atoms with van der Waals surface area (Å²) in [5.41, 5.74) is 5.37. The minimum atomic E-state index is -0.361. The number of aryl methyl sites for hydroxylation is 1. The van der Waals surface area contributed by atoms with Gasteiger partial charge in [-0.3, -0.25) is 19.8 Å². The summed E-state index contributed by atoms with van der Waals surface area (Å²) in [6.07, 6.45) is 4.86. The van der Waals surface area contributed by atoms with Crippen LogP contribution in [0.25, 0.3) is 33.0 Å². The monoisotopic (exact) mass is 497 g/mol. The lowest BCUT2D eigenvalue weighted by atomic mass is 9.95. The van der Waals surface area contributed by atoms with Crippen molar-refractivity contribution in [3.8, 4) is 0 Å². The molecule has 2 N–H and O–H groups in total. The number of nitrogens with zero attached hydrogens (tertiary/aromatic N) is 3. The molecule has 6 rings (SSSR count). The van der Waals surface area contributed by atoms with Crippen LogP contribution < -0.4 is 10.2 Å². The number of amides is 2. The first kappa shape index (κ1) is 23.5. The molecule has 0 saturated carbocycles. The van der Waals surface area contributed by atoms with Crippen molar-refractivity contribution in [1.82, 2.24) is 19.8 Å². The van der Waals surface area contributed by atoms with Crippen LogP contribution >= 0.6 is 0 Å². The topological polar surface area (TPSA) is 82.6 Å². The minimum Gasteiger partial charge on any atom is -0.379 e. The van der Waals surface area contributed by atoms with E-state index in [2.05, 4.69) is 49.1 Å². The number of hydrogen-bond acceptors (Lipinski definition) is 5. The van der Waals surface area contributed by atoms with E-state index in [-0.39, 0.29) is 11.8 Å². The highest BCUT2D eigenvalue weighted by Crippen LogP contribution is 2.41. The van der Waals surface area contributed by atoms with E-state index in [1.807, 2.05) is 44.6 Å². The molecule has 2 aromatic carbocycles. The molecular weight excluding hydrogens is 466 g/mol. The molecule has 0 atom stereocenters. The molecule has 8 nitrogen and oxygen atoms in total. The van der Waals surface area contributed by atoms with E-state index in [0.29, 0.717) is 11.1 Å². The van der Waals surface area contributed by atoms with Crippen LogP contribution in [0.2, 0.25) is 0 Å². The number of aromatic amines is 1. The Morgan fingerprint density at radius 2 is 1.68 bits per heavy atom. The first-order valence-electron chi connectivity index (χ1n) is 12.8. The molecule has 0 radical (unpaired) electrons. The Hall–Kier alpha value is -3.88. The van der Waals surface area contributed by atoms with Gasteiger partial charge in [-0.1, -0.05) is 24.3 Å². The number of nitrogens with one attached hydrogen (secondary N) is 2. The van der Waals surface area contributed by atoms with Gasteiger partial charge in [-0.25, -0.2) is 0 Å². The maximum atomic E-state index is 13.3. The summed E-state index contributed by atoms with van der Waals surface area (Å²) in [6.45, 7) is 5.31. The summed E-state index contributed by atoms with van der Waals surface area (Å²) in [6, 6.07) is 14.0. The van der Waals surface area contributed by atoms with E-state index in [4.69, 9.17) is 4.74 Å². The predicted octanol–water partition coefficient (Wildman–Crippen LogP) is 3.48. The maximum Gasteiger partial charge on any atom is 0.259 e. The molecule has 0 spiro atoms. The second-order valence-electron chi connectivity index (χ2n) is 9.89. The second-order valence-corrected chi connectivity index (χ2v) is 9.89. The number of hydrogen-bond donors (Lipinski definition) is 2. The molecule has 1 saturated heterocycles. The van der Waals surface area contributed by atoms with E-state index in [0.717, 1.165) is 84.4 Å². The first-order valence-corrected chi connectivity index (χ1v) is 12.8. The Balaban J connectivity index is 1.49. The molecule has 4 aromatic rings. The van der Waals surface area contributed by atoms with Crippen LogP contribution in [0, 0.1) is 0 Å². The largest absolute Gasteiger partial charge is 0.379 e. The molecule has 2 amide bonds. The third kappa shape index (κ3) is 4.12. The summed E-state index contributed by atoms with van der Waals surface area (Å²) >= 11 is 0. The van der Waals surface area contributed by atoms with Gasteiger partial charge in [0.1, 0.15) is 0 Å². The molecule has 0 bridgehead atoms. The van der Waals surface area contributed by atoms with Gasteiger partial charge in [-0.05, 0) is 24.6 Å². The number of H-pyrrole nitrogens is 1. The van der Waals surface area contributed by atoms with Crippen molar-refractivity contribution in [1.29, 1.82) is 0 Å². The Morgan fingerprint density at radius 3 is 2.46 bits per heavy atom. The van der Waals surface area contributed by atoms with Gasteiger partial charge in [0.05, 0.1) is 29.9 Å². The predicted molar refractivity (Wildman–Crippen MR) is 146 cm³/mol. The number of fused-ring (bicyclic) bond motifs is 2. The number of para-hydroxylation sites is 1. The minimum absolute atomic E-state index is 0.355. The Morgan fingerprint density at radius 1 is 0.919 bits per heavy atom. The second kappa shape index (κ2) is 9.53. The SMILES string of the molecule is CN(C)c1cccc2c1c(C1=C(c3c[nH]c4ccccc34)C(=O)NC1=O)cn2CCCN1CCOCC1. The zero-order chi connectivity index (χ0) is 25.5. The number of morpholine rings is 1. The zero-order valence-electron chi connectivity index (χ0n) is 21.2. The third-order valence-electron chi connectivity index (χ3n) is 7.40. The van der Waals surface area contributed by atoms with Gasteiger partial charge in [0.2, 0.25) is 0 Å². The highest BCUT2D eigenvalue weighted by atomic mass is 16.5. The fourth-order valence-corrected chi connectivity index (χ4v) is 5.62. The number of rotatable bonds is 7. The number of aromatic nitrogens is 2. The number of carbonyl (C=O) groups is 2. The van der Waals surface area contributed by atoms with E-state index >= 15 is 0 Å².